The summed E-state index contributed by atoms with van der Waals surface area (Å²) < 4.78 is 2.54. The molecule has 1 aromatic heterocycles. The van der Waals surface area contributed by atoms with E-state index in [0.29, 0.717) is 0 Å². The van der Waals surface area contributed by atoms with E-state index in [2.05, 4.69) is 266 Å². The van der Waals surface area contributed by atoms with Crippen LogP contribution >= 0.6 is 11.3 Å². The second-order valence-electron chi connectivity index (χ2n) is 17.6. The highest BCUT2D eigenvalue weighted by atomic mass is 32.1. The van der Waals surface area contributed by atoms with Crippen LogP contribution in [-0.2, 0) is 5.41 Å². The standard InChI is InChI=1S/C65H43NS/c1-5-19-46(20-6-1)54-40-41-55(47-21-7-2-8-22-47)64-62(54)58-29-17-31-61(63(58)67-64)66(52-36-34-45(35-37-52)49-33-32-44-18-13-14-23-48(44)42-49)53-38-39-57-56-28-15-16-30-59(56)65(60(57)43-53,50-24-9-3-10-25-50)51-26-11-4-12-27-51/h1-43H. The van der Waals surface area contributed by atoms with Gasteiger partial charge in [-0.05, 0) is 114 Å². The predicted molar refractivity (Wildman–Crippen MR) is 285 cm³/mol. The van der Waals surface area contributed by atoms with E-state index in [1.54, 1.807) is 0 Å². The average Bonchev–Trinajstić information content (AvgIpc) is 3.95. The van der Waals surface area contributed by atoms with Gasteiger partial charge in [0.2, 0.25) is 0 Å². The maximum atomic E-state index is 2.51. The van der Waals surface area contributed by atoms with Crippen LogP contribution in [0.5, 0.6) is 0 Å². The van der Waals surface area contributed by atoms with Crippen molar-refractivity contribution in [3.8, 4) is 44.5 Å². The minimum absolute atomic E-state index is 0.533. The Kier molecular flexibility index (Phi) is 9.33. The summed E-state index contributed by atoms with van der Waals surface area (Å²) in [5, 5.41) is 5.03. The molecule has 0 amide bonds. The van der Waals surface area contributed by atoms with Gasteiger partial charge in [-0.1, -0.05) is 224 Å². The number of hydrogen-bond acceptors (Lipinski definition) is 2. The maximum absolute atomic E-state index is 2.51. The molecule has 0 aliphatic heterocycles. The Bertz CT molecular complexity index is 3740. The predicted octanol–water partition coefficient (Wildman–Crippen LogP) is 18.0. The van der Waals surface area contributed by atoms with Crippen LogP contribution < -0.4 is 4.90 Å². The number of fused-ring (bicyclic) bond motifs is 7. The quantitative estimate of drug-likeness (QED) is 0.147. The van der Waals surface area contributed by atoms with Crippen LogP contribution in [0.2, 0.25) is 0 Å². The molecule has 1 heterocycles. The van der Waals surface area contributed by atoms with E-state index < -0.39 is 5.41 Å². The highest BCUT2D eigenvalue weighted by Gasteiger charge is 2.46. The SMILES string of the molecule is c1ccc(-c2ccc(-c3ccccc3)c3c2sc2c(N(c4ccc(-c5ccc6ccccc6c5)cc4)c4ccc5c(c4)C(c4ccccc4)(c4ccccc4)c4ccccc4-5)cccc23)cc1. The molecule has 1 aliphatic rings. The molecule has 0 radical (unpaired) electrons. The molecular formula is C65H43NS. The lowest BCUT2D eigenvalue weighted by Crippen LogP contribution is -2.28. The highest BCUT2D eigenvalue weighted by molar-refractivity contribution is 7.27. The van der Waals surface area contributed by atoms with Crippen molar-refractivity contribution in [2.24, 2.45) is 0 Å². The van der Waals surface area contributed by atoms with Crippen LogP contribution in [0.3, 0.4) is 0 Å². The van der Waals surface area contributed by atoms with E-state index in [9.17, 15) is 0 Å². The van der Waals surface area contributed by atoms with Gasteiger partial charge in [-0.2, -0.15) is 0 Å². The van der Waals surface area contributed by atoms with Gasteiger partial charge in [0.15, 0.2) is 0 Å². The van der Waals surface area contributed by atoms with E-state index >= 15 is 0 Å². The van der Waals surface area contributed by atoms with Gasteiger partial charge in [0.1, 0.15) is 0 Å². The summed E-state index contributed by atoms with van der Waals surface area (Å²) >= 11 is 1.90. The minimum Gasteiger partial charge on any atom is -0.309 e. The summed E-state index contributed by atoms with van der Waals surface area (Å²) in [4.78, 5) is 2.51. The van der Waals surface area contributed by atoms with Crippen molar-refractivity contribution in [2.75, 3.05) is 4.90 Å². The minimum atomic E-state index is -0.533. The van der Waals surface area contributed by atoms with Crippen LogP contribution in [0.1, 0.15) is 22.3 Å². The Labute approximate surface area is 395 Å². The molecule has 11 aromatic carbocycles. The van der Waals surface area contributed by atoms with Crippen molar-refractivity contribution in [1.82, 2.24) is 0 Å². The van der Waals surface area contributed by atoms with E-state index in [1.165, 1.54) is 97.7 Å². The summed E-state index contributed by atoms with van der Waals surface area (Å²) in [5.74, 6) is 0. The summed E-state index contributed by atoms with van der Waals surface area (Å²) in [5.41, 5.74) is 17.8. The Morgan fingerprint density at radius 1 is 0.313 bits per heavy atom. The molecular weight excluding hydrogens is 827 g/mol. The Balaban J connectivity index is 1.08. The van der Waals surface area contributed by atoms with Crippen molar-refractivity contribution in [3.63, 3.8) is 0 Å². The monoisotopic (exact) mass is 869 g/mol. The molecule has 0 N–H and O–H groups in total. The molecule has 12 aromatic rings. The third kappa shape index (κ3) is 6.29. The van der Waals surface area contributed by atoms with E-state index in [-0.39, 0.29) is 0 Å². The van der Waals surface area contributed by atoms with Crippen LogP contribution in [0.4, 0.5) is 17.1 Å². The second-order valence-corrected chi connectivity index (χ2v) is 18.6. The van der Waals surface area contributed by atoms with E-state index in [4.69, 9.17) is 0 Å². The molecule has 0 spiro atoms. The first kappa shape index (κ1) is 39.1. The lowest BCUT2D eigenvalue weighted by Gasteiger charge is -2.35. The molecule has 0 saturated heterocycles. The normalized spacial score (nSPS) is 12.6. The third-order valence-corrected chi connectivity index (χ3v) is 15.2. The number of benzene rings is 11. The fraction of sp³-hybridized carbons (Fsp3) is 0.0154. The molecule has 0 fully saturated rings. The van der Waals surface area contributed by atoms with Crippen molar-refractivity contribution < 1.29 is 0 Å². The van der Waals surface area contributed by atoms with Crippen molar-refractivity contribution in [3.05, 3.63) is 283 Å². The molecule has 0 atom stereocenters. The fourth-order valence-corrected chi connectivity index (χ4v) is 12.3. The van der Waals surface area contributed by atoms with Crippen LogP contribution in [-0.4, -0.2) is 0 Å². The summed E-state index contributed by atoms with van der Waals surface area (Å²) in [6, 6.07) is 96.3. The molecule has 0 unspecified atom stereocenters. The van der Waals surface area contributed by atoms with Gasteiger partial charge in [-0.25, -0.2) is 0 Å². The Morgan fingerprint density at radius 2 is 0.866 bits per heavy atom. The topological polar surface area (TPSA) is 3.24 Å². The largest absolute Gasteiger partial charge is 0.309 e. The number of hydrogen-bond donors (Lipinski definition) is 0. The lowest BCUT2D eigenvalue weighted by atomic mass is 9.67. The number of nitrogens with zero attached hydrogens (tertiary/aromatic N) is 1. The molecule has 314 valence electrons. The zero-order valence-corrected chi connectivity index (χ0v) is 37.5. The molecule has 2 heteroatoms. The Hall–Kier alpha value is -8.30. The molecule has 0 bridgehead atoms. The molecule has 1 aliphatic carbocycles. The average molecular weight is 870 g/mol. The van der Waals surface area contributed by atoms with Gasteiger partial charge in [0.05, 0.1) is 15.8 Å². The van der Waals surface area contributed by atoms with E-state index in [1.807, 2.05) is 11.3 Å². The summed E-state index contributed by atoms with van der Waals surface area (Å²) in [7, 11) is 0. The van der Waals surface area contributed by atoms with Crippen LogP contribution in [0, 0.1) is 0 Å². The second kappa shape index (κ2) is 16.0. The van der Waals surface area contributed by atoms with Crippen molar-refractivity contribution in [2.45, 2.75) is 5.41 Å². The van der Waals surface area contributed by atoms with Gasteiger partial charge in [0.25, 0.3) is 0 Å². The number of thiophene rings is 1. The van der Waals surface area contributed by atoms with E-state index in [0.717, 1.165) is 17.1 Å². The van der Waals surface area contributed by atoms with Crippen molar-refractivity contribution >= 4 is 59.3 Å². The van der Waals surface area contributed by atoms with Gasteiger partial charge < -0.3 is 4.90 Å². The van der Waals surface area contributed by atoms with Crippen LogP contribution in [0.25, 0.3) is 75.5 Å². The first-order valence-electron chi connectivity index (χ1n) is 23.1. The van der Waals surface area contributed by atoms with Crippen molar-refractivity contribution in [1.29, 1.82) is 0 Å². The molecule has 1 nitrogen and oxygen atoms in total. The first-order valence-corrected chi connectivity index (χ1v) is 23.9. The van der Waals surface area contributed by atoms with Gasteiger partial charge >= 0.3 is 0 Å². The van der Waals surface area contributed by atoms with Gasteiger partial charge in [-0.15, -0.1) is 11.3 Å². The number of rotatable bonds is 8. The third-order valence-electron chi connectivity index (χ3n) is 13.9. The summed E-state index contributed by atoms with van der Waals surface area (Å²) in [6.07, 6.45) is 0. The first-order chi connectivity index (χ1) is 33.2. The van der Waals surface area contributed by atoms with Crippen LogP contribution in [0.15, 0.2) is 261 Å². The molecule has 13 rings (SSSR count). The molecule has 0 saturated carbocycles. The summed E-state index contributed by atoms with van der Waals surface area (Å²) in [6.45, 7) is 0. The lowest BCUT2D eigenvalue weighted by molar-refractivity contribution is 0.768. The molecule has 67 heavy (non-hydrogen) atoms. The Morgan fingerprint density at radius 3 is 1.58 bits per heavy atom. The zero-order valence-electron chi connectivity index (χ0n) is 36.7. The number of anilines is 3. The smallest absolute Gasteiger partial charge is 0.0714 e. The zero-order chi connectivity index (χ0) is 44.3. The van der Waals surface area contributed by atoms with Gasteiger partial charge in [-0.3, -0.25) is 0 Å². The highest BCUT2D eigenvalue weighted by Crippen LogP contribution is 2.58. The van der Waals surface area contributed by atoms with Gasteiger partial charge in [0, 0.05) is 26.8 Å². The fourth-order valence-electron chi connectivity index (χ4n) is 10.9. The maximum Gasteiger partial charge on any atom is 0.0714 e.